The van der Waals surface area contributed by atoms with Crippen LogP contribution in [0.3, 0.4) is 0 Å². The van der Waals surface area contributed by atoms with Gasteiger partial charge in [-0.2, -0.15) is 0 Å². The van der Waals surface area contributed by atoms with E-state index in [2.05, 4.69) is 0 Å². The van der Waals surface area contributed by atoms with Crippen LogP contribution in [-0.2, 0) is 28.5 Å². The molecule has 2 fully saturated rings. The quantitative estimate of drug-likeness (QED) is 0.192. The summed E-state index contributed by atoms with van der Waals surface area (Å²) in [5.41, 5.74) is -3.17. The van der Waals surface area contributed by atoms with Crippen molar-refractivity contribution in [3.8, 4) is 17.2 Å². The van der Waals surface area contributed by atoms with E-state index in [1.54, 1.807) is 20.8 Å². The fraction of sp³-hybridized carbons (Fsp3) is 0.583. The van der Waals surface area contributed by atoms with Crippen LogP contribution >= 0.6 is 0 Å². The number of nitrogens with zero attached hydrogens (tertiary/aromatic N) is 1. The maximum Gasteiger partial charge on any atom is 0.316 e. The lowest BCUT2D eigenvalue weighted by Gasteiger charge is -2.48. The topological polar surface area (TPSA) is 222 Å². The Bertz CT molecular complexity index is 1720. The summed E-state index contributed by atoms with van der Waals surface area (Å²) in [6.45, 7) is 5.09. The third-order valence-electron chi connectivity index (χ3n) is 10.8. The van der Waals surface area contributed by atoms with Gasteiger partial charge in [0.05, 0.1) is 48.3 Å². The van der Waals surface area contributed by atoms with Crippen LogP contribution in [0.2, 0.25) is 0 Å². The first kappa shape index (κ1) is 37.1. The zero-order valence-corrected chi connectivity index (χ0v) is 29.2. The summed E-state index contributed by atoms with van der Waals surface area (Å²) in [7, 11) is 4.84. The molecule has 6 rings (SSSR count). The van der Waals surface area contributed by atoms with Crippen LogP contribution in [-0.4, -0.2) is 129 Å². The van der Waals surface area contributed by atoms with Crippen molar-refractivity contribution < 1.29 is 68.7 Å². The van der Waals surface area contributed by atoms with Crippen LogP contribution in [0, 0.1) is 0 Å². The van der Waals surface area contributed by atoms with E-state index < -0.39 is 107 Å². The Morgan fingerprint density at radius 3 is 2.22 bits per heavy atom. The van der Waals surface area contributed by atoms with Crippen molar-refractivity contribution in [1.82, 2.24) is 4.90 Å². The van der Waals surface area contributed by atoms with Crippen LogP contribution in [0.4, 0.5) is 0 Å². The number of aliphatic hydroxyl groups excluding tert-OH is 2. The van der Waals surface area contributed by atoms with E-state index in [4.69, 9.17) is 23.7 Å². The molecule has 2 aliphatic heterocycles. The predicted octanol–water partition coefficient (Wildman–Crippen LogP) is 1.74. The highest BCUT2D eigenvalue weighted by molar-refractivity contribution is 6.30. The van der Waals surface area contributed by atoms with E-state index in [1.165, 1.54) is 6.07 Å². The molecule has 6 N–H and O–H groups in total. The zero-order chi connectivity index (χ0) is 37.3. The number of methoxy groups -OCH3 is 1. The van der Waals surface area contributed by atoms with E-state index in [0.29, 0.717) is 0 Å². The molecule has 0 saturated carbocycles. The van der Waals surface area contributed by atoms with Gasteiger partial charge in [-0.1, -0.05) is 6.92 Å². The number of aromatic hydroxyl groups is 3. The second-order valence-corrected chi connectivity index (χ2v) is 14.1. The number of aliphatic hydroxyl groups is 3. The normalized spacial score (nSPS) is 34.9. The zero-order valence-electron chi connectivity index (χ0n) is 29.2. The molecule has 11 atom stereocenters. The summed E-state index contributed by atoms with van der Waals surface area (Å²) < 4.78 is 30.0. The van der Waals surface area contributed by atoms with Crippen molar-refractivity contribution in [1.29, 1.82) is 0 Å². The first-order valence-electron chi connectivity index (χ1n) is 17.0. The summed E-state index contributed by atoms with van der Waals surface area (Å²) in [5.74, 6) is -5.66. The third-order valence-corrected chi connectivity index (χ3v) is 10.8. The summed E-state index contributed by atoms with van der Waals surface area (Å²) in [6.07, 6.45) is -6.75. The summed E-state index contributed by atoms with van der Waals surface area (Å²) in [4.78, 5) is 42.9. The number of esters is 1. The molecule has 0 aromatic heterocycles. The molecular formula is C36H45NO14. The number of phenols is 3. The molecule has 0 radical (unpaired) electrons. The molecule has 15 nitrogen and oxygen atoms in total. The average Bonchev–Trinajstić information content (AvgIpc) is 3.06. The molecule has 2 aromatic carbocycles. The van der Waals surface area contributed by atoms with E-state index >= 15 is 0 Å². The van der Waals surface area contributed by atoms with Crippen molar-refractivity contribution in [2.45, 2.75) is 113 Å². The highest BCUT2D eigenvalue weighted by Gasteiger charge is 2.53. The summed E-state index contributed by atoms with van der Waals surface area (Å²) in [6, 6.07) is 2.88. The Morgan fingerprint density at radius 2 is 1.59 bits per heavy atom. The molecule has 2 heterocycles. The molecule has 0 amide bonds. The number of likely N-dealkylation sites (N-methyl/N-ethyl adjacent to an activating group) is 1. The lowest BCUT2D eigenvalue weighted by Crippen LogP contribution is -2.57. The first-order valence-corrected chi connectivity index (χ1v) is 17.0. The summed E-state index contributed by atoms with van der Waals surface area (Å²) >= 11 is 0. The van der Waals surface area contributed by atoms with Crippen LogP contribution in [0.25, 0.3) is 0 Å². The minimum Gasteiger partial charge on any atom is -0.508 e. The van der Waals surface area contributed by atoms with Crippen molar-refractivity contribution in [3.63, 3.8) is 0 Å². The molecule has 2 saturated heterocycles. The number of ether oxygens (including phenoxy) is 5. The van der Waals surface area contributed by atoms with Crippen molar-refractivity contribution in [2.75, 3.05) is 21.2 Å². The van der Waals surface area contributed by atoms with Gasteiger partial charge >= 0.3 is 5.97 Å². The number of carbonyl (C=O) groups is 3. The molecule has 0 spiro atoms. The molecule has 15 heteroatoms. The van der Waals surface area contributed by atoms with Gasteiger partial charge in [0.25, 0.3) is 0 Å². The Hall–Kier alpha value is -3.67. The van der Waals surface area contributed by atoms with Gasteiger partial charge in [-0.15, -0.1) is 0 Å². The Labute approximate surface area is 294 Å². The van der Waals surface area contributed by atoms with Crippen LogP contribution in [0.15, 0.2) is 18.2 Å². The number of fused-ring (bicyclic) bond motifs is 3. The predicted molar refractivity (Wildman–Crippen MR) is 175 cm³/mol. The van der Waals surface area contributed by atoms with Crippen LogP contribution < -0.4 is 0 Å². The van der Waals surface area contributed by atoms with Gasteiger partial charge in [-0.25, -0.2) is 0 Å². The van der Waals surface area contributed by atoms with E-state index in [9.17, 15) is 45.0 Å². The third kappa shape index (κ3) is 6.29. The van der Waals surface area contributed by atoms with Crippen LogP contribution in [0.5, 0.6) is 17.2 Å². The minimum absolute atomic E-state index is 0.0155. The second-order valence-electron chi connectivity index (χ2n) is 14.1. The average molecular weight is 716 g/mol. The molecule has 2 aromatic rings. The number of ketones is 2. The maximum absolute atomic E-state index is 13.8. The van der Waals surface area contributed by atoms with Gasteiger partial charge in [0.15, 0.2) is 18.4 Å². The van der Waals surface area contributed by atoms with Gasteiger partial charge in [0, 0.05) is 48.1 Å². The Kier molecular flexibility index (Phi) is 9.97. The number of rotatable bonds is 7. The van der Waals surface area contributed by atoms with Gasteiger partial charge < -0.3 is 59.2 Å². The van der Waals surface area contributed by atoms with E-state index in [1.807, 2.05) is 19.0 Å². The van der Waals surface area contributed by atoms with Gasteiger partial charge in [-0.3, -0.25) is 14.4 Å². The molecule has 2 aliphatic carbocycles. The largest absolute Gasteiger partial charge is 0.508 e. The Balaban J connectivity index is 1.38. The molecular weight excluding hydrogens is 670 g/mol. The van der Waals surface area contributed by atoms with E-state index in [0.717, 1.165) is 19.2 Å². The van der Waals surface area contributed by atoms with Crippen molar-refractivity contribution in [3.05, 3.63) is 51.6 Å². The van der Waals surface area contributed by atoms with Crippen molar-refractivity contribution >= 4 is 17.5 Å². The highest BCUT2D eigenvalue weighted by atomic mass is 16.7. The molecule has 3 unspecified atom stereocenters. The molecule has 278 valence electrons. The fourth-order valence-electron chi connectivity index (χ4n) is 8.03. The number of hydrogen-bond donors (Lipinski definition) is 6. The first-order chi connectivity index (χ1) is 24.0. The van der Waals surface area contributed by atoms with Crippen molar-refractivity contribution in [2.24, 2.45) is 0 Å². The molecule has 4 aliphatic rings. The monoisotopic (exact) mass is 715 g/mol. The lowest BCUT2D eigenvalue weighted by molar-refractivity contribution is -0.310. The number of carbonyl (C=O) groups excluding carboxylic acids is 3. The van der Waals surface area contributed by atoms with E-state index in [-0.39, 0.29) is 54.0 Å². The molecule has 51 heavy (non-hydrogen) atoms. The van der Waals surface area contributed by atoms with Gasteiger partial charge in [-0.05, 0) is 52.1 Å². The smallest absolute Gasteiger partial charge is 0.316 e. The minimum atomic E-state index is -1.78. The highest BCUT2D eigenvalue weighted by Crippen LogP contribution is 2.54. The van der Waals surface area contributed by atoms with Crippen LogP contribution in [0.1, 0.15) is 101 Å². The van der Waals surface area contributed by atoms with Gasteiger partial charge in [0.2, 0.25) is 5.78 Å². The number of phenolic OH excluding ortho intramolecular Hbond substituents is 3. The van der Waals surface area contributed by atoms with Gasteiger partial charge in [0.1, 0.15) is 35.4 Å². The summed E-state index contributed by atoms with van der Waals surface area (Å²) in [5, 5.41) is 65.0. The number of hydrogen-bond acceptors (Lipinski definition) is 15. The number of benzene rings is 2. The molecule has 0 bridgehead atoms. The lowest BCUT2D eigenvalue weighted by atomic mass is 9.67. The maximum atomic E-state index is 13.8. The Morgan fingerprint density at radius 1 is 0.941 bits per heavy atom. The SMILES string of the molecule is CCC1(O)CC(O[C@@H]2C[C@H](N(C)C)[C@H](O[C@H]3C[C@H](O)[C@H](O)[C@H](C)O3)[C@H](C)O2)c2c(cc3c(c2O)C(=O)c2c(O)cc(O)cc2C3=O)C1C(=O)OC. The fourth-order valence-corrected chi connectivity index (χ4v) is 8.03. The second kappa shape index (κ2) is 13.7. The standard InChI is InChI=1S/C36H45NO14/c1-7-36(46)13-23(50-24-11-20(37(4)5)34(15(3)49-24)51-25-12-22(40)30(41)14(2)48-25)27-17(29(36)35(45)47-6)10-19-28(33(27)44)32(43)26-18(31(19)42)8-16(38)9-21(26)39/h8-10,14-15,20,22-25,29-30,34,38-41,44,46H,7,11-13H2,1-6H3/t14-,15-,20-,22-,23?,24+,25-,29?,30+,34+,36?/m0/s1.